The Morgan fingerprint density at radius 2 is 1.66 bits per heavy atom. The van der Waals surface area contributed by atoms with Crippen molar-refractivity contribution in [2.24, 2.45) is 0 Å². The molecule has 0 fully saturated rings. The molecule has 1 aromatic heterocycles. The number of nitrogens with one attached hydrogen (secondary N) is 1. The second-order valence-corrected chi connectivity index (χ2v) is 10.9. The third kappa shape index (κ3) is 6.16. The number of ether oxygens (including phenoxy) is 2. The third-order valence-electron chi connectivity index (χ3n) is 4.89. The summed E-state index contributed by atoms with van der Waals surface area (Å²) < 4.78 is 43.8. The number of sulfone groups is 1. The smallest absolute Gasteiger partial charge is 0.291 e. The van der Waals surface area contributed by atoms with Crippen LogP contribution in [0.25, 0.3) is 0 Å². The van der Waals surface area contributed by atoms with E-state index in [0.717, 1.165) is 3.57 Å². The van der Waals surface area contributed by atoms with Gasteiger partial charge in [-0.1, -0.05) is 11.6 Å². The highest BCUT2D eigenvalue weighted by Crippen LogP contribution is 2.29. The lowest BCUT2D eigenvalue weighted by Crippen LogP contribution is -2.12. The highest BCUT2D eigenvalue weighted by atomic mass is 127. The van der Waals surface area contributed by atoms with E-state index < -0.39 is 15.7 Å². The summed E-state index contributed by atoms with van der Waals surface area (Å²) >= 11 is 8.08. The summed E-state index contributed by atoms with van der Waals surface area (Å²) in [5.74, 6) is 0.912. The normalized spacial score (nSPS) is 11.2. The molecule has 7 nitrogen and oxygen atoms in total. The molecule has 0 unspecified atom stereocenters. The number of furan rings is 1. The Balaban J connectivity index is 1.50. The van der Waals surface area contributed by atoms with Gasteiger partial charge in [-0.2, -0.15) is 0 Å². The van der Waals surface area contributed by atoms with Gasteiger partial charge in [-0.25, -0.2) is 8.42 Å². The van der Waals surface area contributed by atoms with E-state index in [-0.39, 0.29) is 33.6 Å². The maximum atomic E-state index is 13.1. The number of halogens is 2. The van der Waals surface area contributed by atoms with E-state index >= 15 is 0 Å². The number of anilines is 1. The molecule has 4 rings (SSSR count). The highest BCUT2D eigenvalue weighted by molar-refractivity contribution is 14.1. The van der Waals surface area contributed by atoms with Gasteiger partial charge in [0.25, 0.3) is 5.91 Å². The molecule has 0 spiro atoms. The predicted molar refractivity (Wildman–Crippen MR) is 140 cm³/mol. The molecule has 0 aliphatic rings. The lowest BCUT2D eigenvalue weighted by atomic mass is 10.3. The monoisotopic (exact) mass is 623 g/mol. The Bertz CT molecular complexity index is 1450. The average molecular weight is 624 g/mol. The minimum absolute atomic E-state index is 0.0412. The maximum Gasteiger partial charge on any atom is 0.291 e. The molecule has 1 heterocycles. The molecule has 180 valence electrons. The summed E-state index contributed by atoms with van der Waals surface area (Å²) in [7, 11) is -2.47. The van der Waals surface area contributed by atoms with Crippen molar-refractivity contribution in [2.45, 2.75) is 16.4 Å². The fraction of sp³-hybridized carbons (Fsp3) is 0.0800. The lowest BCUT2D eigenvalue weighted by molar-refractivity contribution is 0.0992. The van der Waals surface area contributed by atoms with Crippen LogP contribution in [0.15, 0.2) is 93.1 Å². The molecule has 0 radical (unpaired) electrons. The molecule has 0 saturated carbocycles. The van der Waals surface area contributed by atoms with Crippen molar-refractivity contribution < 1.29 is 27.1 Å². The summed E-state index contributed by atoms with van der Waals surface area (Å²) in [5.41, 5.74) is 0.231. The van der Waals surface area contributed by atoms with Crippen LogP contribution >= 0.6 is 34.2 Å². The third-order valence-corrected chi connectivity index (χ3v) is 7.61. The Morgan fingerprint density at radius 3 is 2.34 bits per heavy atom. The number of benzene rings is 3. The topological polar surface area (TPSA) is 94.8 Å². The van der Waals surface area contributed by atoms with Crippen LogP contribution in [0.2, 0.25) is 5.02 Å². The number of carbonyl (C=O) groups is 1. The maximum absolute atomic E-state index is 13.1. The van der Waals surface area contributed by atoms with Crippen LogP contribution in [0, 0.1) is 3.57 Å². The summed E-state index contributed by atoms with van der Waals surface area (Å²) in [6.07, 6.45) is 0. The van der Waals surface area contributed by atoms with Crippen LogP contribution in [0.1, 0.15) is 16.3 Å². The molecular formula is C25H19ClINO6S. The van der Waals surface area contributed by atoms with E-state index in [4.69, 9.17) is 25.5 Å². The number of amides is 1. The van der Waals surface area contributed by atoms with E-state index in [2.05, 4.69) is 27.9 Å². The fourth-order valence-corrected chi connectivity index (χ4v) is 4.93. The first-order chi connectivity index (χ1) is 16.7. The van der Waals surface area contributed by atoms with Crippen molar-refractivity contribution in [3.05, 3.63) is 99.0 Å². The lowest BCUT2D eigenvalue weighted by Gasteiger charge is -2.11. The van der Waals surface area contributed by atoms with Crippen LogP contribution in [-0.2, 0) is 16.4 Å². The van der Waals surface area contributed by atoms with Gasteiger partial charge in [0, 0.05) is 20.3 Å². The van der Waals surface area contributed by atoms with Gasteiger partial charge in [0.1, 0.15) is 23.9 Å². The van der Waals surface area contributed by atoms with Gasteiger partial charge in [0.2, 0.25) is 9.84 Å². The molecule has 3 aromatic carbocycles. The van der Waals surface area contributed by atoms with E-state index in [1.807, 2.05) is 24.3 Å². The first-order valence-electron chi connectivity index (χ1n) is 10.2. The van der Waals surface area contributed by atoms with Crippen molar-refractivity contribution >= 4 is 55.6 Å². The van der Waals surface area contributed by atoms with Gasteiger partial charge in [-0.15, -0.1) is 0 Å². The zero-order chi connectivity index (χ0) is 25.0. The summed E-state index contributed by atoms with van der Waals surface area (Å²) in [4.78, 5) is 12.8. The number of methoxy groups -OCH3 is 1. The number of carbonyl (C=O) groups excluding carboxylic acids is 1. The summed E-state index contributed by atoms with van der Waals surface area (Å²) in [5, 5.41) is 3.08. The Labute approximate surface area is 221 Å². The molecule has 1 N–H and O–H groups in total. The zero-order valence-corrected chi connectivity index (χ0v) is 22.1. The number of hydrogen-bond donors (Lipinski definition) is 1. The molecule has 0 bridgehead atoms. The fourth-order valence-electron chi connectivity index (χ4n) is 3.12. The molecule has 0 saturated heterocycles. The van der Waals surface area contributed by atoms with Gasteiger partial charge in [-0.05, 0) is 95.4 Å². The predicted octanol–water partition coefficient (Wildman–Crippen LogP) is 6.21. The minimum Gasteiger partial charge on any atom is -0.497 e. The van der Waals surface area contributed by atoms with Gasteiger partial charge in [0.05, 0.1) is 16.9 Å². The van der Waals surface area contributed by atoms with Crippen molar-refractivity contribution in [3.63, 3.8) is 0 Å². The highest BCUT2D eigenvalue weighted by Gasteiger charge is 2.21. The number of rotatable bonds is 8. The molecule has 1 amide bonds. The Morgan fingerprint density at radius 1 is 0.943 bits per heavy atom. The SMILES string of the molecule is COc1cc(NC(=O)c2ccc(COc3ccc(I)cc3)o2)cc(S(=O)(=O)c2ccc(Cl)cc2)c1. The molecule has 0 aliphatic carbocycles. The van der Waals surface area contributed by atoms with E-state index in [1.165, 1.54) is 55.6 Å². The van der Waals surface area contributed by atoms with E-state index in [9.17, 15) is 13.2 Å². The average Bonchev–Trinajstić information content (AvgIpc) is 3.33. The molecule has 4 aromatic rings. The molecule has 35 heavy (non-hydrogen) atoms. The largest absolute Gasteiger partial charge is 0.497 e. The zero-order valence-electron chi connectivity index (χ0n) is 18.3. The van der Waals surface area contributed by atoms with E-state index in [1.54, 1.807) is 6.07 Å². The molecule has 10 heteroatoms. The van der Waals surface area contributed by atoms with Crippen LogP contribution in [-0.4, -0.2) is 21.4 Å². The minimum atomic E-state index is -3.87. The summed E-state index contributed by atoms with van der Waals surface area (Å²) in [6.45, 7) is 0.149. The van der Waals surface area contributed by atoms with Crippen LogP contribution < -0.4 is 14.8 Å². The molecule has 0 atom stereocenters. The number of hydrogen-bond acceptors (Lipinski definition) is 6. The Hall–Kier alpha value is -3.02. The molecule has 0 aliphatic heterocycles. The van der Waals surface area contributed by atoms with Crippen molar-refractivity contribution in [1.29, 1.82) is 0 Å². The summed E-state index contributed by atoms with van der Waals surface area (Å²) in [6, 6.07) is 20.8. The van der Waals surface area contributed by atoms with E-state index in [0.29, 0.717) is 16.5 Å². The standard InChI is InChI=1S/C25H19ClINO6S/c1-32-21-12-18(13-23(14-21)35(30,31)22-9-2-16(26)3-10-22)28-25(29)24-11-8-20(34-24)15-33-19-6-4-17(27)5-7-19/h2-14H,15H2,1H3,(H,28,29). The first-order valence-corrected chi connectivity index (χ1v) is 13.2. The quantitative estimate of drug-likeness (QED) is 0.235. The van der Waals surface area contributed by atoms with Gasteiger partial charge in [-0.3, -0.25) is 4.79 Å². The van der Waals surface area contributed by atoms with Crippen LogP contribution in [0.5, 0.6) is 11.5 Å². The van der Waals surface area contributed by atoms with Crippen molar-refractivity contribution in [2.75, 3.05) is 12.4 Å². The first kappa shape index (κ1) is 25.1. The van der Waals surface area contributed by atoms with Gasteiger partial charge < -0.3 is 19.2 Å². The Kier molecular flexibility index (Phi) is 7.68. The van der Waals surface area contributed by atoms with Crippen molar-refractivity contribution in [3.8, 4) is 11.5 Å². The second-order valence-electron chi connectivity index (χ2n) is 7.32. The molecular weight excluding hydrogens is 605 g/mol. The second kappa shape index (κ2) is 10.7. The van der Waals surface area contributed by atoms with Crippen molar-refractivity contribution in [1.82, 2.24) is 0 Å². The van der Waals surface area contributed by atoms with Crippen LogP contribution in [0.4, 0.5) is 5.69 Å². The van der Waals surface area contributed by atoms with Gasteiger partial charge >= 0.3 is 0 Å². The van der Waals surface area contributed by atoms with Gasteiger partial charge in [0.15, 0.2) is 5.76 Å². The van der Waals surface area contributed by atoms with Crippen LogP contribution in [0.3, 0.4) is 0 Å².